The van der Waals surface area contributed by atoms with Gasteiger partial charge in [-0.05, 0) is 30.2 Å². The highest BCUT2D eigenvalue weighted by molar-refractivity contribution is 7.89. The van der Waals surface area contributed by atoms with Gasteiger partial charge in [0.2, 0.25) is 10.0 Å². The lowest BCUT2D eigenvalue weighted by Gasteiger charge is -2.13. The minimum atomic E-state index is -4.42. The quantitative estimate of drug-likeness (QED) is 0.870. The normalized spacial score (nSPS) is 12.7. The molecule has 0 fully saturated rings. The molecule has 0 aliphatic heterocycles. The van der Waals surface area contributed by atoms with E-state index in [4.69, 9.17) is 17.3 Å². The molecule has 0 unspecified atom stereocenters. The van der Waals surface area contributed by atoms with Crippen molar-refractivity contribution in [1.29, 1.82) is 0 Å². The van der Waals surface area contributed by atoms with Gasteiger partial charge in [-0.3, -0.25) is 0 Å². The van der Waals surface area contributed by atoms with Crippen LogP contribution in [-0.2, 0) is 16.6 Å². The Labute approximate surface area is 120 Å². The van der Waals surface area contributed by atoms with Crippen molar-refractivity contribution in [2.45, 2.75) is 31.0 Å². The van der Waals surface area contributed by atoms with Crippen molar-refractivity contribution in [3.63, 3.8) is 0 Å². The molecule has 3 N–H and O–H groups in total. The first kappa shape index (κ1) is 17.2. The van der Waals surface area contributed by atoms with Crippen LogP contribution in [0.4, 0.5) is 13.2 Å². The molecule has 114 valence electrons. The molecule has 0 atom stereocenters. The molecule has 0 aliphatic carbocycles. The van der Waals surface area contributed by atoms with Crippen LogP contribution in [0.5, 0.6) is 0 Å². The number of nitrogens with one attached hydrogen (secondary N) is 1. The topological polar surface area (TPSA) is 72.2 Å². The number of sulfonamides is 1. The molecule has 0 bridgehead atoms. The molecule has 4 nitrogen and oxygen atoms in total. The second-order valence-corrected chi connectivity index (χ2v) is 6.33. The van der Waals surface area contributed by atoms with Crippen molar-refractivity contribution < 1.29 is 21.6 Å². The highest BCUT2D eigenvalue weighted by Gasteiger charge is 2.28. The summed E-state index contributed by atoms with van der Waals surface area (Å²) in [6.07, 6.45) is -5.66. The number of hydrogen-bond acceptors (Lipinski definition) is 3. The first-order chi connectivity index (χ1) is 9.07. The summed E-state index contributed by atoms with van der Waals surface area (Å²) in [6.45, 7) is 0.879. The molecule has 1 aromatic rings. The summed E-state index contributed by atoms with van der Waals surface area (Å²) in [5.41, 5.74) is 6.36. The van der Waals surface area contributed by atoms with E-state index >= 15 is 0 Å². The lowest BCUT2D eigenvalue weighted by atomic mass is 10.1. The minimum Gasteiger partial charge on any atom is -0.326 e. The summed E-state index contributed by atoms with van der Waals surface area (Å²) >= 11 is 5.79. The van der Waals surface area contributed by atoms with E-state index < -0.39 is 29.2 Å². The van der Waals surface area contributed by atoms with Crippen molar-refractivity contribution in [3.8, 4) is 0 Å². The molecule has 20 heavy (non-hydrogen) atoms. The van der Waals surface area contributed by atoms with Crippen LogP contribution in [0.2, 0.25) is 5.02 Å². The number of alkyl halides is 3. The van der Waals surface area contributed by atoms with Crippen molar-refractivity contribution in [1.82, 2.24) is 4.72 Å². The third kappa shape index (κ3) is 4.62. The summed E-state index contributed by atoms with van der Waals surface area (Å²) in [7, 11) is -4.06. The molecule has 9 heteroatoms. The van der Waals surface area contributed by atoms with Crippen molar-refractivity contribution in [2.24, 2.45) is 5.73 Å². The number of rotatable bonds is 5. The van der Waals surface area contributed by atoms with Gasteiger partial charge in [0, 0.05) is 18.1 Å². The van der Waals surface area contributed by atoms with Crippen LogP contribution in [0.15, 0.2) is 17.0 Å². The highest BCUT2D eigenvalue weighted by Crippen LogP contribution is 2.25. The molecule has 0 aromatic heterocycles. The zero-order valence-corrected chi connectivity index (χ0v) is 12.2. The predicted molar refractivity (Wildman–Crippen MR) is 69.9 cm³/mol. The molecule has 0 radical (unpaired) electrons. The largest absolute Gasteiger partial charge is 0.390 e. The number of hydrogen-bond donors (Lipinski definition) is 2. The fraction of sp³-hybridized carbons (Fsp3) is 0.455. The number of halogens is 4. The third-order valence-electron chi connectivity index (χ3n) is 2.64. The van der Waals surface area contributed by atoms with Crippen LogP contribution in [-0.4, -0.2) is 21.1 Å². The maximum atomic E-state index is 12.0. The van der Waals surface area contributed by atoms with Gasteiger partial charge in [0.25, 0.3) is 0 Å². The second kappa shape index (κ2) is 6.30. The Morgan fingerprint density at radius 3 is 2.45 bits per heavy atom. The molecular weight excluding hydrogens is 317 g/mol. The summed E-state index contributed by atoms with van der Waals surface area (Å²) in [4.78, 5) is -0.160. The molecule has 1 rings (SSSR count). The van der Waals surface area contributed by atoms with E-state index in [0.29, 0.717) is 11.1 Å². The van der Waals surface area contributed by atoms with Gasteiger partial charge in [0.1, 0.15) is 0 Å². The number of nitrogens with two attached hydrogens (primary N) is 1. The van der Waals surface area contributed by atoms with Gasteiger partial charge in [0.05, 0.1) is 11.3 Å². The minimum absolute atomic E-state index is 0.0808. The SMILES string of the molecule is Cc1c(CN)cc(Cl)cc1S(=O)(=O)NCCC(F)(F)F. The fourth-order valence-electron chi connectivity index (χ4n) is 1.60. The van der Waals surface area contributed by atoms with E-state index in [0.717, 1.165) is 0 Å². The van der Waals surface area contributed by atoms with E-state index in [1.54, 1.807) is 0 Å². The Hall–Kier alpha value is -0.830. The summed E-state index contributed by atoms with van der Waals surface area (Å²) in [6, 6.07) is 2.71. The molecule has 0 heterocycles. The molecule has 0 spiro atoms. The van der Waals surface area contributed by atoms with Crippen LogP contribution < -0.4 is 10.5 Å². The maximum Gasteiger partial charge on any atom is 0.390 e. The Morgan fingerprint density at radius 2 is 1.95 bits per heavy atom. The van der Waals surface area contributed by atoms with Crippen LogP contribution in [0.25, 0.3) is 0 Å². The van der Waals surface area contributed by atoms with E-state index in [1.807, 2.05) is 4.72 Å². The lowest BCUT2D eigenvalue weighted by molar-refractivity contribution is -0.132. The monoisotopic (exact) mass is 330 g/mol. The maximum absolute atomic E-state index is 12.0. The molecule has 0 aliphatic rings. The molecular formula is C11H14ClF3N2O2S. The zero-order valence-electron chi connectivity index (χ0n) is 10.6. The molecule has 0 amide bonds. The van der Waals surface area contributed by atoms with Gasteiger partial charge in [0.15, 0.2) is 0 Å². The van der Waals surface area contributed by atoms with Gasteiger partial charge < -0.3 is 5.73 Å². The highest BCUT2D eigenvalue weighted by atomic mass is 35.5. The lowest BCUT2D eigenvalue weighted by Crippen LogP contribution is -2.28. The molecule has 0 saturated heterocycles. The smallest absolute Gasteiger partial charge is 0.326 e. The molecule has 0 saturated carbocycles. The standard InChI is InChI=1S/C11H14ClF3N2O2S/c1-7-8(6-16)4-9(12)5-10(7)20(18,19)17-3-2-11(13,14)15/h4-5,17H,2-3,6,16H2,1H3. The van der Waals surface area contributed by atoms with Crippen LogP contribution in [0.3, 0.4) is 0 Å². The van der Waals surface area contributed by atoms with Crippen LogP contribution in [0.1, 0.15) is 17.5 Å². The van der Waals surface area contributed by atoms with E-state index in [9.17, 15) is 21.6 Å². The Kier molecular flexibility index (Phi) is 5.42. The van der Waals surface area contributed by atoms with Gasteiger partial charge in [-0.2, -0.15) is 13.2 Å². The second-order valence-electron chi connectivity index (χ2n) is 4.16. The van der Waals surface area contributed by atoms with Gasteiger partial charge in [-0.15, -0.1) is 0 Å². The van der Waals surface area contributed by atoms with Crippen molar-refractivity contribution >= 4 is 21.6 Å². The van der Waals surface area contributed by atoms with Gasteiger partial charge in [-0.25, -0.2) is 13.1 Å². The van der Waals surface area contributed by atoms with Gasteiger partial charge >= 0.3 is 6.18 Å². The van der Waals surface area contributed by atoms with Gasteiger partial charge in [-0.1, -0.05) is 11.6 Å². The Balaban J connectivity index is 3.01. The van der Waals surface area contributed by atoms with Crippen LogP contribution in [0, 0.1) is 6.92 Å². The average Bonchev–Trinajstić information content (AvgIpc) is 2.29. The Bertz CT molecular complexity index is 588. The molecule has 1 aromatic carbocycles. The summed E-state index contributed by atoms with van der Waals surface area (Å²) in [5.74, 6) is 0. The summed E-state index contributed by atoms with van der Waals surface area (Å²) < 4.78 is 61.9. The van der Waals surface area contributed by atoms with E-state index in [1.165, 1.54) is 19.1 Å². The third-order valence-corrected chi connectivity index (χ3v) is 4.45. The van der Waals surface area contributed by atoms with Crippen molar-refractivity contribution in [3.05, 3.63) is 28.3 Å². The fourth-order valence-corrected chi connectivity index (χ4v) is 3.25. The van der Waals surface area contributed by atoms with Crippen molar-refractivity contribution in [2.75, 3.05) is 6.54 Å². The van der Waals surface area contributed by atoms with Crippen LogP contribution >= 0.6 is 11.6 Å². The Morgan fingerprint density at radius 1 is 1.35 bits per heavy atom. The van der Waals surface area contributed by atoms with E-state index in [-0.39, 0.29) is 16.5 Å². The zero-order chi connectivity index (χ0) is 15.6. The predicted octanol–water partition coefficient (Wildman–Crippen LogP) is 2.34. The van der Waals surface area contributed by atoms with E-state index in [2.05, 4.69) is 0 Å². The summed E-state index contributed by atoms with van der Waals surface area (Å²) in [5, 5.41) is 0.159. The average molecular weight is 331 g/mol. The first-order valence-electron chi connectivity index (χ1n) is 5.62. The number of benzene rings is 1. The first-order valence-corrected chi connectivity index (χ1v) is 7.48.